The standard InChI is InChI=1S/C23H28F2N8O3/c1-3-17(34)32-8-7-14(13-32)26-21-28-22(31-9-11-36-12-10-31)30-23(29-21)33-15-5-4-6-16(35-2)18(15)27-20(33)19(24)25/h4-6,14,19H,3,7-13H2,1-2H3,(H,26,28,29,30)/t14-/m1/s1. The van der Waals surface area contributed by atoms with Crippen LogP contribution in [0, 0.1) is 0 Å². The number of morpholine rings is 1. The van der Waals surface area contributed by atoms with Gasteiger partial charge < -0.3 is 24.6 Å². The zero-order valence-electron chi connectivity index (χ0n) is 20.2. The van der Waals surface area contributed by atoms with Crippen LogP contribution in [-0.2, 0) is 9.53 Å². The Kier molecular flexibility index (Phi) is 6.81. The number of likely N-dealkylation sites (tertiary alicyclic amines) is 1. The molecule has 0 bridgehead atoms. The van der Waals surface area contributed by atoms with Gasteiger partial charge in [-0.05, 0) is 18.6 Å². The van der Waals surface area contributed by atoms with Crippen LogP contribution in [0.3, 0.4) is 0 Å². The maximum Gasteiger partial charge on any atom is 0.296 e. The first-order chi connectivity index (χ1) is 17.5. The van der Waals surface area contributed by atoms with E-state index in [2.05, 4.69) is 25.3 Å². The van der Waals surface area contributed by atoms with E-state index in [0.717, 1.165) is 6.42 Å². The number of para-hydroxylation sites is 1. The van der Waals surface area contributed by atoms with E-state index in [9.17, 15) is 13.6 Å². The van der Waals surface area contributed by atoms with E-state index in [1.807, 2.05) is 11.8 Å². The van der Waals surface area contributed by atoms with E-state index >= 15 is 0 Å². The van der Waals surface area contributed by atoms with Crippen LogP contribution < -0.4 is 15.0 Å². The SMILES string of the molecule is CCC(=O)N1CC[C@@H](Nc2nc(N3CCOCC3)nc(-n3c(C(F)F)nc4c(OC)cccc43)n2)C1. The first kappa shape index (κ1) is 24.1. The van der Waals surface area contributed by atoms with Gasteiger partial charge in [0.05, 0.1) is 25.8 Å². The summed E-state index contributed by atoms with van der Waals surface area (Å²) in [6.07, 6.45) is -1.70. The number of methoxy groups -OCH3 is 1. The second kappa shape index (κ2) is 10.2. The quantitative estimate of drug-likeness (QED) is 0.521. The second-order valence-corrected chi connectivity index (χ2v) is 8.62. The monoisotopic (exact) mass is 502 g/mol. The van der Waals surface area contributed by atoms with E-state index in [1.54, 1.807) is 23.1 Å². The van der Waals surface area contributed by atoms with Crippen LogP contribution in [-0.4, -0.2) is 87.9 Å². The summed E-state index contributed by atoms with van der Waals surface area (Å²) in [6.45, 7) is 5.13. The van der Waals surface area contributed by atoms with Crippen molar-refractivity contribution >= 4 is 28.8 Å². The zero-order chi connectivity index (χ0) is 25.2. The summed E-state index contributed by atoms with van der Waals surface area (Å²) in [7, 11) is 1.46. The molecule has 0 unspecified atom stereocenters. The van der Waals surface area contributed by atoms with Crippen LogP contribution in [0.5, 0.6) is 5.75 Å². The van der Waals surface area contributed by atoms with Crippen LogP contribution in [0.15, 0.2) is 18.2 Å². The number of nitrogens with zero attached hydrogens (tertiary/aromatic N) is 7. The lowest BCUT2D eigenvalue weighted by molar-refractivity contribution is -0.129. The minimum atomic E-state index is -2.87. The Labute approximate surface area is 206 Å². The fourth-order valence-electron chi connectivity index (χ4n) is 4.55. The Morgan fingerprint density at radius 2 is 1.94 bits per heavy atom. The number of fused-ring (bicyclic) bond motifs is 1. The maximum absolute atomic E-state index is 14.1. The fraction of sp³-hybridized carbons (Fsp3) is 0.522. The Morgan fingerprint density at radius 3 is 2.67 bits per heavy atom. The Balaban J connectivity index is 1.58. The van der Waals surface area contributed by atoms with Crippen molar-refractivity contribution < 1.29 is 23.0 Å². The number of rotatable bonds is 7. The maximum atomic E-state index is 14.1. The van der Waals surface area contributed by atoms with Crippen LogP contribution in [0.1, 0.15) is 32.0 Å². The molecule has 0 radical (unpaired) electrons. The number of amides is 1. The molecule has 0 spiro atoms. The topological polar surface area (TPSA) is 111 Å². The number of hydrogen-bond donors (Lipinski definition) is 1. The number of halogens is 2. The number of carbonyl (C=O) groups excluding carboxylic acids is 1. The van der Waals surface area contributed by atoms with Gasteiger partial charge in [0.15, 0.2) is 5.82 Å². The lowest BCUT2D eigenvalue weighted by atomic mass is 10.3. The number of aromatic nitrogens is 5. The molecule has 2 aromatic heterocycles. The lowest BCUT2D eigenvalue weighted by Crippen LogP contribution is -2.38. The molecule has 2 aliphatic heterocycles. The number of carbonyl (C=O) groups is 1. The fourth-order valence-corrected chi connectivity index (χ4v) is 4.55. The Morgan fingerprint density at radius 1 is 1.17 bits per heavy atom. The number of nitrogens with one attached hydrogen (secondary N) is 1. The smallest absolute Gasteiger partial charge is 0.296 e. The minimum absolute atomic E-state index is 0.0273. The van der Waals surface area contributed by atoms with Gasteiger partial charge >= 0.3 is 0 Å². The van der Waals surface area contributed by atoms with E-state index in [-0.39, 0.29) is 23.8 Å². The molecular weight excluding hydrogens is 474 g/mol. The number of anilines is 2. The summed E-state index contributed by atoms with van der Waals surface area (Å²) in [5.41, 5.74) is 0.693. The highest BCUT2D eigenvalue weighted by molar-refractivity contribution is 5.84. The number of imidazole rings is 1. The normalized spacial score (nSPS) is 18.3. The Hall–Kier alpha value is -3.61. The highest BCUT2D eigenvalue weighted by atomic mass is 19.3. The minimum Gasteiger partial charge on any atom is -0.494 e. The summed E-state index contributed by atoms with van der Waals surface area (Å²) in [6, 6.07) is 4.98. The van der Waals surface area contributed by atoms with Crippen molar-refractivity contribution in [3.8, 4) is 11.7 Å². The molecule has 1 N–H and O–H groups in total. The second-order valence-electron chi connectivity index (χ2n) is 8.62. The van der Waals surface area contributed by atoms with Crippen molar-refractivity contribution in [2.24, 2.45) is 0 Å². The Bertz CT molecular complexity index is 1250. The summed E-state index contributed by atoms with van der Waals surface area (Å²) < 4.78 is 40.3. The highest BCUT2D eigenvalue weighted by Crippen LogP contribution is 2.32. The molecule has 3 aromatic rings. The number of benzene rings is 1. The lowest BCUT2D eigenvalue weighted by Gasteiger charge is -2.27. The zero-order valence-corrected chi connectivity index (χ0v) is 20.2. The number of alkyl halides is 2. The molecule has 192 valence electrons. The van der Waals surface area contributed by atoms with Crippen molar-refractivity contribution in [3.05, 3.63) is 24.0 Å². The largest absolute Gasteiger partial charge is 0.494 e. The predicted molar refractivity (Wildman–Crippen MR) is 128 cm³/mol. The van der Waals surface area contributed by atoms with Crippen LogP contribution >= 0.6 is 0 Å². The third-order valence-electron chi connectivity index (χ3n) is 6.37. The summed E-state index contributed by atoms with van der Waals surface area (Å²) in [5, 5.41) is 3.29. The molecule has 4 heterocycles. The molecule has 2 aliphatic rings. The van der Waals surface area contributed by atoms with Gasteiger partial charge in [-0.2, -0.15) is 15.0 Å². The molecule has 2 saturated heterocycles. The van der Waals surface area contributed by atoms with Gasteiger partial charge in [-0.25, -0.2) is 13.8 Å². The molecule has 11 nitrogen and oxygen atoms in total. The van der Waals surface area contributed by atoms with Gasteiger partial charge in [-0.1, -0.05) is 13.0 Å². The molecule has 2 fully saturated rings. The van der Waals surface area contributed by atoms with E-state index in [0.29, 0.717) is 68.5 Å². The summed E-state index contributed by atoms with van der Waals surface area (Å²) >= 11 is 0. The van der Waals surface area contributed by atoms with Gasteiger partial charge in [-0.3, -0.25) is 9.36 Å². The highest BCUT2D eigenvalue weighted by Gasteiger charge is 2.28. The van der Waals surface area contributed by atoms with Crippen LogP contribution in [0.2, 0.25) is 0 Å². The average molecular weight is 503 g/mol. The summed E-state index contributed by atoms with van der Waals surface area (Å²) in [5.74, 6) is 0.614. The van der Waals surface area contributed by atoms with Crippen molar-refractivity contribution in [2.45, 2.75) is 32.2 Å². The van der Waals surface area contributed by atoms with E-state index < -0.39 is 12.2 Å². The molecule has 0 aliphatic carbocycles. The predicted octanol–water partition coefficient (Wildman–Crippen LogP) is 2.42. The third kappa shape index (κ3) is 4.62. The molecule has 5 rings (SSSR count). The van der Waals surface area contributed by atoms with Gasteiger partial charge in [0, 0.05) is 38.6 Å². The van der Waals surface area contributed by atoms with Gasteiger partial charge in [0.1, 0.15) is 11.3 Å². The molecular formula is C23H28F2N8O3. The van der Waals surface area contributed by atoms with Crippen molar-refractivity contribution in [3.63, 3.8) is 0 Å². The first-order valence-corrected chi connectivity index (χ1v) is 12.0. The number of hydrogen-bond acceptors (Lipinski definition) is 9. The van der Waals surface area contributed by atoms with Crippen LogP contribution in [0.4, 0.5) is 20.7 Å². The molecule has 13 heteroatoms. The van der Waals surface area contributed by atoms with Crippen molar-refractivity contribution in [2.75, 3.05) is 56.7 Å². The molecule has 36 heavy (non-hydrogen) atoms. The first-order valence-electron chi connectivity index (χ1n) is 12.0. The van der Waals surface area contributed by atoms with E-state index in [1.165, 1.54) is 11.7 Å². The van der Waals surface area contributed by atoms with Crippen LogP contribution in [0.25, 0.3) is 17.0 Å². The third-order valence-corrected chi connectivity index (χ3v) is 6.37. The number of ether oxygens (including phenoxy) is 2. The van der Waals surface area contributed by atoms with Crippen molar-refractivity contribution in [1.82, 2.24) is 29.4 Å². The molecule has 1 aromatic carbocycles. The molecule has 1 atom stereocenters. The molecule has 1 amide bonds. The van der Waals surface area contributed by atoms with E-state index in [4.69, 9.17) is 9.47 Å². The van der Waals surface area contributed by atoms with Crippen molar-refractivity contribution in [1.29, 1.82) is 0 Å². The average Bonchev–Trinajstić information content (AvgIpc) is 3.53. The molecule has 0 saturated carbocycles. The van der Waals surface area contributed by atoms with Gasteiger partial charge in [0.25, 0.3) is 6.43 Å². The summed E-state index contributed by atoms with van der Waals surface area (Å²) in [4.78, 5) is 33.7. The van der Waals surface area contributed by atoms with Gasteiger partial charge in [0.2, 0.25) is 23.8 Å². The van der Waals surface area contributed by atoms with Gasteiger partial charge in [-0.15, -0.1) is 0 Å².